The second-order valence-electron chi connectivity index (χ2n) is 2.18. The minimum Gasteiger partial charge on any atom is -0.388 e. The van der Waals surface area contributed by atoms with Crippen LogP contribution in [0.15, 0.2) is 5.10 Å². The van der Waals surface area contributed by atoms with Crippen LogP contribution in [-0.4, -0.2) is 41.4 Å². The van der Waals surface area contributed by atoms with Crippen LogP contribution in [0.5, 0.6) is 0 Å². The Morgan fingerprint density at radius 3 is 3.09 bits per heavy atom. The predicted molar refractivity (Wildman–Crippen MR) is 39.9 cm³/mol. The highest BCUT2D eigenvalue weighted by Crippen LogP contribution is 2.02. The van der Waals surface area contributed by atoms with Gasteiger partial charge in [-0.25, -0.2) is 0 Å². The van der Waals surface area contributed by atoms with Crippen LogP contribution in [0, 0.1) is 0 Å². The first-order valence-corrected chi connectivity index (χ1v) is 3.48. The van der Waals surface area contributed by atoms with E-state index in [1.807, 2.05) is 6.92 Å². The molecule has 1 atom stereocenters. The van der Waals surface area contributed by atoms with Crippen LogP contribution in [-0.2, 0) is 4.79 Å². The molecule has 0 saturated carbocycles. The van der Waals surface area contributed by atoms with Crippen molar-refractivity contribution in [3.8, 4) is 0 Å². The molecule has 62 valence electrons. The Kier molecular flexibility index (Phi) is 2.43. The van der Waals surface area contributed by atoms with E-state index in [-0.39, 0.29) is 6.61 Å². The fourth-order valence-corrected chi connectivity index (χ4v) is 1.04. The number of carbonyl (C=O) groups is 1. The number of hydrogen-bond acceptors (Lipinski definition) is 5. The molecule has 1 aliphatic heterocycles. The van der Waals surface area contributed by atoms with E-state index in [9.17, 15) is 4.79 Å². The number of aliphatic hydroxyl groups is 1. The van der Waals surface area contributed by atoms with Crippen molar-refractivity contribution in [2.75, 3.05) is 13.2 Å². The number of carbonyl (C=O) groups excluding carboxylic acids is 1. The van der Waals surface area contributed by atoms with E-state index < -0.39 is 6.17 Å². The Bertz CT molecular complexity index is 181. The molecule has 0 fully saturated rings. The molecular weight excluding hydrogens is 146 g/mol. The lowest BCUT2D eigenvalue weighted by molar-refractivity contribution is -0.111. The lowest BCUT2D eigenvalue weighted by Crippen LogP contribution is -2.42. The normalized spacial score (nSPS) is 22.9. The maximum Gasteiger partial charge on any atom is 0.173 e. The maximum absolute atomic E-state index is 10.4. The van der Waals surface area contributed by atoms with Gasteiger partial charge in [-0.3, -0.25) is 10.2 Å². The van der Waals surface area contributed by atoms with Crippen molar-refractivity contribution in [3.63, 3.8) is 0 Å². The third-order valence-corrected chi connectivity index (χ3v) is 1.60. The van der Waals surface area contributed by atoms with Gasteiger partial charge in [-0.05, 0) is 6.92 Å². The lowest BCUT2D eigenvalue weighted by atomic mass is 10.4. The fourth-order valence-electron chi connectivity index (χ4n) is 1.04. The molecule has 1 unspecified atom stereocenters. The molecule has 2 N–H and O–H groups in total. The highest BCUT2D eigenvalue weighted by atomic mass is 16.3. The molecule has 0 aromatic carbocycles. The zero-order chi connectivity index (χ0) is 8.27. The van der Waals surface area contributed by atoms with E-state index in [1.54, 1.807) is 4.90 Å². The first-order chi connectivity index (χ1) is 5.33. The van der Waals surface area contributed by atoms with Gasteiger partial charge in [0.05, 0.1) is 0 Å². The summed E-state index contributed by atoms with van der Waals surface area (Å²) in [5, 5.41) is 12.5. The minimum atomic E-state index is -0.401. The summed E-state index contributed by atoms with van der Waals surface area (Å²) in [7, 11) is 0. The first-order valence-electron chi connectivity index (χ1n) is 3.48. The topological polar surface area (TPSA) is 64.9 Å². The van der Waals surface area contributed by atoms with Crippen molar-refractivity contribution in [1.82, 2.24) is 10.3 Å². The van der Waals surface area contributed by atoms with Crippen molar-refractivity contribution in [3.05, 3.63) is 0 Å². The molecule has 11 heavy (non-hydrogen) atoms. The number of likely N-dealkylation sites (N-methyl/N-ethyl adjacent to an activating group) is 1. The van der Waals surface area contributed by atoms with E-state index in [0.29, 0.717) is 12.4 Å². The van der Waals surface area contributed by atoms with E-state index in [4.69, 9.17) is 5.11 Å². The van der Waals surface area contributed by atoms with Gasteiger partial charge < -0.3 is 10.0 Å². The number of amidine groups is 1. The molecule has 1 aliphatic rings. The highest BCUT2D eigenvalue weighted by Gasteiger charge is 2.24. The number of nitrogens with one attached hydrogen (secondary N) is 1. The molecule has 0 radical (unpaired) electrons. The average molecular weight is 157 g/mol. The molecule has 5 nitrogen and oxygen atoms in total. The maximum atomic E-state index is 10.4. The van der Waals surface area contributed by atoms with Crippen LogP contribution >= 0.6 is 0 Å². The number of aldehydes is 1. The zero-order valence-electron chi connectivity index (χ0n) is 6.32. The van der Waals surface area contributed by atoms with Crippen LogP contribution < -0.4 is 5.43 Å². The number of hydrazone groups is 1. The van der Waals surface area contributed by atoms with Crippen LogP contribution in [0.3, 0.4) is 0 Å². The largest absolute Gasteiger partial charge is 0.388 e. The second kappa shape index (κ2) is 3.34. The van der Waals surface area contributed by atoms with E-state index in [0.717, 1.165) is 6.29 Å². The van der Waals surface area contributed by atoms with E-state index in [2.05, 4.69) is 10.5 Å². The third kappa shape index (κ3) is 1.32. The molecule has 0 aromatic rings. The Hall–Kier alpha value is -1.10. The number of nitrogens with zero attached hydrogens (tertiary/aromatic N) is 2. The third-order valence-electron chi connectivity index (χ3n) is 1.60. The summed E-state index contributed by atoms with van der Waals surface area (Å²) in [5.74, 6) is 0.518. The first kappa shape index (κ1) is 8.00. The molecule has 0 amide bonds. The quantitative estimate of drug-likeness (QED) is 0.502. The molecule has 0 saturated heterocycles. The van der Waals surface area contributed by atoms with Crippen LogP contribution in [0.4, 0.5) is 0 Å². The summed E-state index contributed by atoms with van der Waals surface area (Å²) in [6, 6.07) is 0. The van der Waals surface area contributed by atoms with Gasteiger partial charge in [0.2, 0.25) is 0 Å². The van der Waals surface area contributed by atoms with E-state index >= 15 is 0 Å². The van der Waals surface area contributed by atoms with Crippen molar-refractivity contribution in [1.29, 1.82) is 0 Å². The Morgan fingerprint density at radius 1 is 1.91 bits per heavy atom. The summed E-state index contributed by atoms with van der Waals surface area (Å²) in [6.07, 6.45) is 0.359. The average Bonchev–Trinajstić information content (AvgIpc) is 2.45. The molecule has 5 heteroatoms. The molecular formula is C6H11N3O2. The van der Waals surface area contributed by atoms with Gasteiger partial charge in [0, 0.05) is 6.54 Å². The Balaban J connectivity index is 2.64. The Morgan fingerprint density at radius 2 is 2.64 bits per heavy atom. The summed E-state index contributed by atoms with van der Waals surface area (Å²) in [5.41, 5.74) is 2.59. The van der Waals surface area contributed by atoms with Crippen molar-refractivity contribution >= 4 is 12.1 Å². The van der Waals surface area contributed by atoms with Gasteiger partial charge in [-0.1, -0.05) is 0 Å². The summed E-state index contributed by atoms with van der Waals surface area (Å²) >= 11 is 0. The summed E-state index contributed by atoms with van der Waals surface area (Å²) in [6.45, 7) is 2.43. The Labute approximate surface area is 64.7 Å². The number of aliphatic hydroxyl groups excluding tert-OH is 1. The standard InChI is InChI=1S/C6H11N3O2/c1-2-9-5(3-10)7-8-6(9)4-11/h3,5,7,11H,2,4H2,1H3. The predicted octanol–water partition coefficient (Wildman–Crippen LogP) is -1.26. The van der Waals surface area contributed by atoms with Crippen molar-refractivity contribution in [2.45, 2.75) is 13.1 Å². The molecule has 1 rings (SSSR count). The van der Waals surface area contributed by atoms with Crippen LogP contribution in [0.2, 0.25) is 0 Å². The molecule has 0 aliphatic carbocycles. The second-order valence-corrected chi connectivity index (χ2v) is 2.18. The van der Waals surface area contributed by atoms with Gasteiger partial charge in [-0.2, -0.15) is 5.10 Å². The summed E-state index contributed by atoms with van der Waals surface area (Å²) < 4.78 is 0. The van der Waals surface area contributed by atoms with Gasteiger partial charge in [0.1, 0.15) is 6.61 Å². The molecule has 0 spiro atoms. The van der Waals surface area contributed by atoms with Crippen molar-refractivity contribution in [2.24, 2.45) is 5.10 Å². The minimum absolute atomic E-state index is 0.134. The zero-order valence-corrected chi connectivity index (χ0v) is 6.32. The van der Waals surface area contributed by atoms with Gasteiger partial charge >= 0.3 is 0 Å². The monoisotopic (exact) mass is 157 g/mol. The molecule has 0 aromatic heterocycles. The van der Waals surface area contributed by atoms with Gasteiger partial charge in [-0.15, -0.1) is 0 Å². The van der Waals surface area contributed by atoms with E-state index in [1.165, 1.54) is 0 Å². The molecule has 1 heterocycles. The van der Waals surface area contributed by atoms with Crippen molar-refractivity contribution < 1.29 is 9.90 Å². The summed E-state index contributed by atoms with van der Waals surface area (Å²) in [4.78, 5) is 12.1. The van der Waals surface area contributed by atoms with Crippen LogP contribution in [0.25, 0.3) is 0 Å². The van der Waals surface area contributed by atoms with Gasteiger partial charge in [0.15, 0.2) is 18.3 Å². The molecule has 0 bridgehead atoms. The highest BCUT2D eigenvalue weighted by molar-refractivity contribution is 5.87. The SMILES string of the molecule is CCN1C(CO)=NNC1C=O. The lowest BCUT2D eigenvalue weighted by Gasteiger charge is -2.19. The number of rotatable bonds is 3. The smallest absolute Gasteiger partial charge is 0.173 e. The van der Waals surface area contributed by atoms with Gasteiger partial charge in [0.25, 0.3) is 0 Å². The van der Waals surface area contributed by atoms with Crippen LogP contribution in [0.1, 0.15) is 6.92 Å². The fraction of sp³-hybridized carbons (Fsp3) is 0.667. The number of hydrogen-bond donors (Lipinski definition) is 2.